The Morgan fingerprint density at radius 1 is 1.25 bits per heavy atom. The third-order valence-corrected chi connectivity index (χ3v) is 2.77. The van der Waals surface area contributed by atoms with Crippen LogP contribution in [0.15, 0.2) is 0 Å². The Kier molecular flexibility index (Phi) is 3.70. The average Bonchev–Trinajstić information content (AvgIpc) is 2.12. The second kappa shape index (κ2) is 4.82. The summed E-state index contributed by atoms with van der Waals surface area (Å²) in [6.45, 7) is -0.182. The molecule has 5 N–H and O–H groups in total. The summed E-state index contributed by atoms with van der Waals surface area (Å²) in [5.74, 6) is -1.54. The first-order chi connectivity index (χ1) is 7.46. The van der Waals surface area contributed by atoms with Gasteiger partial charge in [-0.1, -0.05) is 6.42 Å². The summed E-state index contributed by atoms with van der Waals surface area (Å²) < 4.78 is 0. The van der Waals surface area contributed by atoms with Crippen molar-refractivity contribution in [3.05, 3.63) is 0 Å². The molecule has 1 rings (SSSR count). The number of nitrogens with one attached hydrogen (secondary N) is 2. The predicted octanol–water partition coefficient (Wildman–Crippen LogP) is -0.974. The van der Waals surface area contributed by atoms with Gasteiger partial charge in [-0.3, -0.25) is 9.59 Å². The maximum Gasteiger partial charge on any atom is 0.315 e. The van der Waals surface area contributed by atoms with Crippen molar-refractivity contribution in [2.75, 3.05) is 13.1 Å². The van der Waals surface area contributed by atoms with E-state index in [1.54, 1.807) is 0 Å². The molecule has 1 fully saturated rings. The van der Waals surface area contributed by atoms with E-state index in [1.807, 2.05) is 0 Å². The highest BCUT2D eigenvalue weighted by Gasteiger charge is 2.44. The molecule has 0 unspecified atom stereocenters. The minimum atomic E-state index is -0.894. The van der Waals surface area contributed by atoms with E-state index in [0.29, 0.717) is 12.8 Å². The Hall–Kier alpha value is -1.79. The summed E-state index contributed by atoms with van der Waals surface area (Å²) >= 11 is 0. The van der Waals surface area contributed by atoms with Crippen LogP contribution in [0.25, 0.3) is 0 Å². The van der Waals surface area contributed by atoms with Crippen LogP contribution in [0.2, 0.25) is 0 Å². The minimum Gasteiger partial charge on any atom is -0.481 e. The molecule has 0 aliphatic heterocycles. The van der Waals surface area contributed by atoms with Crippen LogP contribution in [0.1, 0.15) is 19.3 Å². The molecule has 0 aromatic rings. The summed E-state index contributed by atoms with van der Waals surface area (Å²) in [6.07, 6.45) is 1.99. The van der Waals surface area contributed by atoms with Crippen LogP contribution in [0, 0.1) is 5.41 Å². The van der Waals surface area contributed by atoms with Crippen LogP contribution in [0.5, 0.6) is 0 Å². The molecule has 0 atom stereocenters. The largest absolute Gasteiger partial charge is 0.481 e. The fourth-order valence-electron chi connectivity index (χ4n) is 1.55. The van der Waals surface area contributed by atoms with Crippen LogP contribution < -0.4 is 16.4 Å². The van der Waals surface area contributed by atoms with E-state index in [1.165, 1.54) is 0 Å². The van der Waals surface area contributed by atoms with Crippen molar-refractivity contribution in [1.29, 1.82) is 0 Å². The fourth-order valence-corrected chi connectivity index (χ4v) is 1.55. The van der Waals surface area contributed by atoms with Crippen LogP contribution in [-0.4, -0.2) is 36.1 Å². The van der Waals surface area contributed by atoms with Gasteiger partial charge >= 0.3 is 12.0 Å². The molecule has 0 aromatic heterocycles. The number of hydrogen-bond acceptors (Lipinski definition) is 3. The first-order valence-electron chi connectivity index (χ1n) is 5.00. The van der Waals surface area contributed by atoms with Crippen molar-refractivity contribution in [1.82, 2.24) is 10.6 Å². The molecule has 90 valence electrons. The second-order valence-electron chi connectivity index (χ2n) is 3.94. The predicted molar refractivity (Wildman–Crippen MR) is 54.5 cm³/mol. The number of rotatable bonds is 5. The van der Waals surface area contributed by atoms with E-state index in [2.05, 4.69) is 10.6 Å². The van der Waals surface area contributed by atoms with Gasteiger partial charge in [0.25, 0.3) is 0 Å². The monoisotopic (exact) mass is 229 g/mol. The molecule has 1 aliphatic carbocycles. The average molecular weight is 229 g/mol. The number of hydrogen-bond donors (Lipinski definition) is 4. The number of carbonyl (C=O) groups excluding carboxylic acids is 2. The van der Waals surface area contributed by atoms with E-state index in [9.17, 15) is 14.4 Å². The Labute approximate surface area is 92.4 Å². The Morgan fingerprint density at radius 3 is 2.25 bits per heavy atom. The van der Waals surface area contributed by atoms with E-state index >= 15 is 0 Å². The van der Waals surface area contributed by atoms with Crippen molar-refractivity contribution in [2.45, 2.75) is 19.3 Å². The molecule has 7 nitrogen and oxygen atoms in total. The van der Waals surface area contributed by atoms with Gasteiger partial charge in [0, 0.05) is 6.54 Å². The highest BCUT2D eigenvalue weighted by Crippen LogP contribution is 2.40. The highest BCUT2D eigenvalue weighted by molar-refractivity contribution is 5.83. The van der Waals surface area contributed by atoms with Crippen molar-refractivity contribution >= 4 is 17.9 Å². The SMILES string of the molecule is NC(=O)CNC(=O)NCC1(C(=O)O)CCC1. The number of nitrogens with two attached hydrogens (primary N) is 1. The number of aliphatic carboxylic acids is 1. The quantitative estimate of drug-likeness (QED) is 0.484. The minimum absolute atomic E-state index is 0.0763. The molecular weight excluding hydrogens is 214 g/mol. The summed E-state index contributed by atoms with van der Waals surface area (Å²) in [7, 11) is 0. The maximum absolute atomic E-state index is 11.1. The van der Waals surface area contributed by atoms with Crippen LogP contribution >= 0.6 is 0 Å². The van der Waals surface area contributed by atoms with E-state index in [0.717, 1.165) is 6.42 Å². The molecule has 7 heteroatoms. The van der Waals surface area contributed by atoms with Crippen molar-refractivity contribution in [3.63, 3.8) is 0 Å². The van der Waals surface area contributed by atoms with Gasteiger partial charge in [-0.05, 0) is 12.8 Å². The first kappa shape index (κ1) is 12.3. The third kappa shape index (κ3) is 2.85. The van der Waals surface area contributed by atoms with Gasteiger partial charge in [0.15, 0.2) is 0 Å². The molecule has 0 aromatic carbocycles. The van der Waals surface area contributed by atoms with Crippen LogP contribution in [-0.2, 0) is 9.59 Å². The second-order valence-corrected chi connectivity index (χ2v) is 3.94. The Bertz CT molecular complexity index is 312. The van der Waals surface area contributed by atoms with Gasteiger partial charge < -0.3 is 21.5 Å². The number of carboxylic acid groups (broad SMARTS) is 1. The van der Waals surface area contributed by atoms with Gasteiger partial charge in [0.1, 0.15) is 0 Å². The maximum atomic E-state index is 11.1. The van der Waals surface area contributed by atoms with Gasteiger partial charge in [-0.2, -0.15) is 0 Å². The van der Waals surface area contributed by atoms with Crippen molar-refractivity contribution < 1.29 is 19.5 Å². The van der Waals surface area contributed by atoms with Crippen LogP contribution in [0.3, 0.4) is 0 Å². The molecular formula is C9H15N3O4. The number of carbonyl (C=O) groups is 3. The summed E-state index contributed by atoms with van der Waals surface area (Å²) in [4.78, 5) is 32.4. The number of carboxylic acids is 1. The summed E-state index contributed by atoms with van der Waals surface area (Å²) in [5, 5.41) is 13.6. The lowest BCUT2D eigenvalue weighted by atomic mass is 9.69. The summed E-state index contributed by atoms with van der Waals surface area (Å²) in [6, 6.07) is -0.577. The normalized spacial score (nSPS) is 17.0. The van der Waals surface area contributed by atoms with Gasteiger partial charge in [0.05, 0.1) is 12.0 Å². The molecule has 0 radical (unpaired) electrons. The Balaban J connectivity index is 2.30. The number of amides is 3. The van der Waals surface area contributed by atoms with Crippen molar-refractivity contribution in [3.8, 4) is 0 Å². The lowest BCUT2D eigenvalue weighted by Crippen LogP contribution is -2.50. The van der Waals surface area contributed by atoms with Crippen LogP contribution in [0.4, 0.5) is 4.79 Å². The lowest BCUT2D eigenvalue weighted by molar-refractivity contribution is -0.153. The summed E-state index contributed by atoms with van der Waals surface area (Å²) in [5.41, 5.74) is 4.00. The molecule has 3 amide bonds. The molecule has 1 aliphatic rings. The molecule has 0 bridgehead atoms. The Morgan fingerprint density at radius 2 is 1.88 bits per heavy atom. The van der Waals surface area contributed by atoms with Crippen molar-refractivity contribution in [2.24, 2.45) is 11.1 Å². The topological polar surface area (TPSA) is 122 Å². The van der Waals surface area contributed by atoms with E-state index in [-0.39, 0.29) is 13.1 Å². The van der Waals surface area contributed by atoms with Gasteiger partial charge in [-0.15, -0.1) is 0 Å². The molecule has 0 spiro atoms. The van der Waals surface area contributed by atoms with Gasteiger partial charge in [0.2, 0.25) is 5.91 Å². The van der Waals surface area contributed by atoms with E-state index in [4.69, 9.17) is 10.8 Å². The number of primary amides is 1. The third-order valence-electron chi connectivity index (χ3n) is 2.77. The highest BCUT2D eigenvalue weighted by atomic mass is 16.4. The zero-order valence-electron chi connectivity index (χ0n) is 8.78. The zero-order valence-corrected chi connectivity index (χ0v) is 8.78. The molecule has 0 heterocycles. The molecule has 1 saturated carbocycles. The standard InChI is InChI=1S/C9H15N3O4/c10-6(13)4-11-8(16)12-5-9(7(14)15)2-1-3-9/h1-5H2,(H2,10,13)(H,14,15)(H2,11,12,16). The van der Waals surface area contributed by atoms with Gasteiger partial charge in [-0.25, -0.2) is 4.79 Å². The fraction of sp³-hybridized carbons (Fsp3) is 0.667. The molecule has 16 heavy (non-hydrogen) atoms. The van der Waals surface area contributed by atoms with E-state index < -0.39 is 23.3 Å². The molecule has 0 saturated heterocycles. The number of urea groups is 1. The smallest absolute Gasteiger partial charge is 0.315 e. The lowest BCUT2D eigenvalue weighted by Gasteiger charge is -2.37. The first-order valence-corrected chi connectivity index (χ1v) is 5.00. The zero-order chi connectivity index (χ0) is 12.2.